The van der Waals surface area contributed by atoms with Gasteiger partial charge >= 0.3 is 67.1 Å². The molecule has 104 valence electrons. The molecule has 0 bridgehead atoms. The number of carboxylic acid groups (broad SMARTS) is 3. The maximum absolute atomic E-state index is 10.1. The largest absolute Gasteiger partial charge is 1.00 e. The van der Waals surface area contributed by atoms with Crippen LogP contribution in [0.15, 0.2) is 0 Å². The molecule has 0 saturated heterocycles. The number of hydrogen-bond donors (Lipinski definition) is 1. The standard InChI is InChI=1S/C6H8O7.3Au/c7-3(8)1-6(13,5(11)12)2-4(9)10;;;/h13H,1-2H2,(H,7,8)(H,9,10)(H,11,12);;;/q;3*+1/p-3. The molecule has 0 aliphatic rings. The van der Waals surface area contributed by atoms with Crippen molar-refractivity contribution in [2.24, 2.45) is 0 Å². The van der Waals surface area contributed by atoms with Gasteiger partial charge in [-0.2, -0.15) is 0 Å². The minimum atomic E-state index is -2.97. The van der Waals surface area contributed by atoms with Gasteiger partial charge in [0.2, 0.25) is 0 Å². The van der Waals surface area contributed by atoms with E-state index >= 15 is 0 Å². The van der Waals surface area contributed by atoms with Crippen molar-refractivity contribution in [3.05, 3.63) is 0 Å². The molecule has 0 fully saturated rings. The van der Waals surface area contributed by atoms with Gasteiger partial charge in [0, 0.05) is 24.8 Å². The van der Waals surface area contributed by atoms with Gasteiger partial charge in [0.05, 0.1) is 5.97 Å². The molecule has 0 aromatic carbocycles. The first-order chi connectivity index (χ1) is 5.78. The molecule has 0 unspecified atom stereocenters. The zero-order chi connectivity index (χ0) is 10.6. The van der Waals surface area contributed by atoms with Gasteiger partial charge in [0.15, 0.2) is 0 Å². The molecule has 0 aliphatic carbocycles. The van der Waals surface area contributed by atoms with Gasteiger partial charge < -0.3 is 34.8 Å². The number of aliphatic hydroxyl groups is 1. The summed E-state index contributed by atoms with van der Waals surface area (Å²) in [4.78, 5) is 30.0. The molecule has 0 heterocycles. The number of rotatable bonds is 5. The Balaban J connectivity index is -0.000000240. The van der Waals surface area contributed by atoms with Crippen LogP contribution in [-0.4, -0.2) is 28.6 Å². The Morgan fingerprint density at radius 1 is 0.875 bits per heavy atom. The van der Waals surface area contributed by atoms with Crippen LogP contribution in [0.25, 0.3) is 0 Å². The quantitative estimate of drug-likeness (QED) is 0.276. The summed E-state index contributed by atoms with van der Waals surface area (Å²) in [5.74, 6) is -5.98. The van der Waals surface area contributed by atoms with E-state index < -0.39 is 36.4 Å². The molecule has 10 heteroatoms. The smallest absolute Gasteiger partial charge is 0.550 e. The fourth-order valence-corrected chi connectivity index (χ4v) is 0.684. The second kappa shape index (κ2) is 10.7. The predicted molar refractivity (Wildman–Crippen MR) is 29.2 cm³/mol. The monoisotopic (exact) mass is 780 g/mol. The number of carboxylic acids is 3. The number of hydrogen-bond acceptors (Lipinski definition) is 7. The minimum Gasteiger partial charge on any atom is -0.550 e. The van der Waals surface area contributed by atoms with Crippen molar-refractivity contribution in [1.82, 2.24) is 0 Å². The van der Waals surface area contributed by atoms with Crippen LogP contribution in [0.5, 0.6) is 0 Å². The van der Waals surface area contributed by atoms with Crippen LogP contribution in [0.3, 0.4) is 0 Å². The minimum absolute atomic E-state index is 0. The van der Waals surface area contributed by atoms with Crippen LogP contribution in [0, 0.1) is 0 Å². The number of carbonyl (C=O) groups is 3. The Bertz CT molecular complexity index is 239. The topological polar surface area (TPSA) is 141 Å². The summed E-state index contributed by atoms with van der Waals surface area (Å²) in [6.45, 7) is 0. The van der Waals surface area contributed by atoms with Crippen molar-refractivity contribution in [3.8, 4) is 0 Å². The van der Waals surface area contributed by atoms with E-state index in [1.54, 1.807) is 0 Å². The summed E-state index contributed by atoms with van der Waals surface area (Å²) >= 11 is 0. The third kappa shape index (κ3) is 9.79. The molecule has 0 rings (SSSR count). The van der Waals surface area contributed by atoms with Gasteiger partial charge in [-0.25, -0.2) is 0 Å². The summed E-state index contributed by atoms with van der Waals surface area (Å²) in [5, 5.41) is 38.9. The van der Waals surface area contributed by atoms with E-state index in [0.717, 1.165) is 0 Å². The van der Waals surface area contributed by atoms with Crippen LogP contribution in [0.1, 0.15) is 12.8 Å². The molecule has 0 atom stereocenters. The van der Waals surface area contributed by atoms with Gasteiger partial charge in [-0.05, 0) is 0 Å². The summed E-state index contributed by atoms with van der Waals surface area (Å²) in [7, 11) is 0. The van der Waals surface area contributed by atoms with E-state index in [4.69, 9.17) is 5.11 Å². The molecule has 0 amide bonds. The molecule has 7 nitrogen and oxygen atoms in total. The molecular weight excluding hydrogens is 775 g/mol. The fraction of sp³-hybridized carbons (Fsp3) is 0.500. The average molecular weight is 780 g/mol. The zero-order valence-electron chi connectivity index (χ0n) is 7.22. The fourth-order valence-electron chi connectivity index (χ4n) is 0.684. The van der Waals surface area contributed by atoms with Crippen molar-refractivity contribution in [2.75, 3.05) is 0 Å². The molecule has 16 heavy (non-hydrogen) atoms. The van der Waals surface area contributed by atoms with Gasteiger partial charge in [-0.1, -0.05) is 0 Å². The van der Waals surface area contributed by atoms with Crippen molar-refractivity contribution in [3.63, 3.8) is 0 Å². The maximum Gasteiger partial charge on any atom is 1.00 e. The van der Waals surface area contributed by atoms with E-state index in [1.165, 1.54) is 0 Å². The first-order valence-electron chi connectivity index (χ1n) is 3.11. The Morgan fingerprint density at radius 2 is 1.12 bits per heavy atom. The Kier molecular flexibility index (Phi) is 17.1. The molecular formula is C6H5Au3O7. The van der Waals surface area contributed by atoms with E-state index in [0.29, 0.717) is 0 Å². The molecule has 1 N–H and O–H groups in total. The Labute approximate surface area is 137 Å². The van der Waals surface area contributed by atoms with Crippen LogP contribution in [0.4, 0.5) is 0 Å². The molecule has 0 radical (unpaired) electrons. The van der Waals surface area contributed by atoms with E-state index in [1.807, 2.05) is 0 Å². The van der Waals surface area contributed by atoms with Crippen LogP contribution < -0.4 is 15.3 Å². The van der Waals surface area contributed by atoms with E-state index in [9.17, 15) is 29.7 Å². The molecule has 0 saturated carbocycles. The molecule has 0 aromatic heterocycles. The van der Waals surface area contributed by atoms with Gasteiger partial charge in [-0.15, -0.1) is 0 Å². The summed E-state index contributed by atoms with van der Waals surface area (Å²) in [5.41, 5.74) is -2.97. The summed E-state index contributed by atoms with van der Waals surface area (Å²) in [6.07, 6.45) is -2.72. The molecule has 0 aliphatic heterocycles. The zero-order valence-corrected chi connectivity index (χ0v) is 13.7. The van der Waals surface area contributed by atoms with Crippen LogP contribution in [0.2, 0.25) is 0 Å². The van der Waals surface area contributed by atoms with Crippen molar-refractivity contribution < 1.29 is 102 Å². The summed E-state index contributed by atoms with van der Waals surface area (Å²) < 4.78 is 0. The molecule has 0 aromatic rings. The maximum atomic E-state index is 10.1. The van der Waals surface area contributed by atoms with Crippen molar-refractivity contribution >= 4 is 17.9 Å². The second-order valence-corrected chi connectivity index (χ2v) is 2.42. The van der Waals surface area contributed by atoms with Gasteiger partial charge in [0.25, 0.3) is 0 Å². The Hall–Kier alpha value is 0.591. The van der Waals surface area contributed by atoms with Gasteiger partial charge in [-0.3, -0.25) is 0 Å². The second-order valence-electron chi connectivity index (χ2n) is 2.42. The van der Waals surface area contributed by atoms with Crippen LogP contribution in [-0.2, 0) is 81.5 Å². The normalized spacial score (nSPS) is 8.81. The van der Waals surface area contributed by atoms with E-state index in [-0.39, 0.29) is 67.1 Å². The van der Waals surface area contributed by atoms with Gasteiger partial charge in [0.1, 0.15) is 5.60 Å². The van der Waals surface area contributed by atoms with Crippen molar-refractivity contribution in [1.29, 1.82) is 0 Å². The predicted octanol–water partition coefficient (Wildman–Crippen LogP) is -5.26. The van der Waals surface area contributed by atoms with Crippen LogP contribution >= 0.6 is 0 Å². The number of aliphatic carboxylic acids is 3. The van der Waals surface area contributed by atoms with Crippen molar-refractivity contribution in [2.45, 2.75) is 18.4 Å². The number of carbonyl (C=O) groups excluding carboxylic acids is 3. The van der Waals surface area contributed by atoms with E-state index in [2.05, 4.69) is 0 Å². The molecule has 0 spiro atoms. The third-order valence-corrected chi connectivity index (χ3v) is 1.25. The first kappa shape index (κ1) is 25.4. The average Bonchev–Trinajstić information content (AvgIpc) is 1.82. The third-order valence-electron chi connectivity index (χ3n) is 1.25. The Morgan fingerprint density at radius 3 is 1.25 bits per heavy atom. The summed E-state index contributed by atoms with van der Waals surface area (Å²) in [6, 6.07) is 0. The SMILES string of the molecule is O=C([O-])CC(O)(CC(=O)[O-])C(=O)[O-].[Au+].[Au+].[Au+]. The first-order valence-corrected chi connectivity index (χ1v) is 3.11.